The minimum absolute atomic E-state index is 0.226. The highest BCUT2D eigenvalue weighted by Crippen LogP contribution is 2.34. The van der Waals surface area contributed by atoms with Crippen molar-refractivity contribution in [2.75, 3.05) is 6.54 Å². The van der Waals surface area contributed by atoms with E-state index in [1.54, 1.807) is 0 Å². The van der Waals surface area contributed by atoms with Crippen LogP contribution in [0.4, 0.5) is 0 Å². The van der Waals surface area contributed by atoms with Crippen molar-refractivity contribution >= 4 is 11.0 Å². The van der Waals surface area contributed by atoms with Gasteiger partial charge in [0.15, 0.2) is 0 Å². The van der Waals surface area contributed by atoms with Crippen LogP contribution in [0.15, 0.2) is 11.0 Å². The lowest BCUT2D eigenvalue weighted by Gasteiger charge is -2.41. The lowest BCUT2D eigenvalue weighted by atomic mass is 9.88. The predicted molar refractivity (Wildman–Crippen MR) is 96.4 cm³/mol. The molecular weight excluding hydrogens is 300 g/mol. The first-order chi connectivity index (χ1) is 11.7. The zero-order valence-electron chi connectivity index (χ0n) is 14.9. The quantitative estimate of drug-likeness (QED) is 0.942. The summed E-state index contributed by atoms with van der Waals surface area (Å²) in [7, 11) is 1.97. The third kappa shape index (κ3) is 2.25. The number of fused-ring (bicyclic) bond motifs is 3. The number of aromatic nitrogens is 3. The lowest BCUT2D eigenvalue weighted by molar-refractivity contribution is 0.143. The summed E-state index contributed by atoms with van der Waals surface area (Å²) in [5.41, 5.74) is 3.28. The number of piperidine rings is 1. The van der Waals surface area contributed by atoms with Crippen LogP contribution in [0.1, 0.15) is 63.0 Å². The molecule has 3 heterocycles. The predicted octanol–water partition coefficient (Wildman–Crippen LogP) is 2.84. The van der Waals surface area contributed by atoms with E-state index in [0.717, 1.165) is 56.3 Å². The van der Waals surface area contributed by atoms with E-state index in [1.807, 2.05) is 17.9 Å². The number of nitrogens with zero attached hydrogens (tertiary/aromatic N) is 3. The fraction of sp³-hybridized carbons (Fsp3) is 0.684. The largest absolute Gasteiger partial charge is 0.294 e. The fourth-order valence-corrected chi connectivity index (χ4v) is 4.86. The minimum atomic E-state index is -0.247. The molecule has 2 aromatic rings. The zero-order valence-corrected chi connectivity index (χ0v) is 14.9. The molecule has 0 spiro atoms. The van der Waals surface area contributed by atoms with Gasteiger partial charge in [0.2, 0.25) is 0 Å². The van der Waals surface area contributed by atoms with E-state index in [1.165, 1.54) is 30.2 Å². The highest BCUT2D eigenvalue weighted by molar-refractivity contribution is 5.81. The summed E-state index contributed by atoms with van der Waals surface area (Å²) in [5, 5.41) is 9.44. The number of pyridine rings is 1. The van der Waals surface area contributed by atoms with E-state index in [-0.39, 0.29) is 11.2 Å². The van der Waals surface area contributed by atoms with Crippen LogP contribution in [0.3, 0.4) is 0 Å². The Balaban J connectivity index is 2.05. The Kier molecular flexibility index (Phi) is 3.99. The number of hydrogen-bond acceptors (Lipinski definition) is 3. The van der Waals surface area contributed by atoms with E-state index in [2.05, 4.69) is 21.9 Å². The Labute approximate surface area is 143 Å². The molecule has 0 unspecified atom stereocenters. The first-order valence-electron chi connectivity index (χ1n) is 9.52. The van der Waals surface area contributed by atoms with Gasteiger partial charge in [-0.1, -0.05) is 13.3 Å². The average Bonchev–Trinajstić information content (AvgIpc) is 2.98. The average molecular weight is 328 g/mol. The summed E-state index contributed by atoms with van der Waals surface area (Å²) in [6.07, 6.45) is 11.7. The lowest BCUT2D eigenvalue weighted by Crippen LogP contribution is -2.55. The molecule has 0 saturated carbocycles. The number of nitrogens with one attached hydrogen (secondary N) is 1. The molecule has 0 amide bonds. The summed E-state index contributed by atoms with van der Waals surface area (Å²) in [5.74, 6) is 0. The van der Waals surface area contributed by atoms with Gasteiger partial charge in [-0.3, -0.25) is 19.4 Å². The molecule has 1 saturated heterocycles. The van der Waals surface area contributed by atoms with E-state index >= 15 is 0 Å². The Morgan fingerprint density at radius 1 is 1.21 bits per heavy atom. The molecule has 0 bridgehead atoms. The molecule has 24 heavy (non-hydrogen) atoms. The topological polar surface area (TPSA) is 51.9 Å². The van der Waals surface area contributed by atoms with Gasteiger partial charge in [0.05, 0.1) is 6.20 Å². The van der Waals surface area contributed by atoms with Gasteiger partial charge < -0.3 is 0 Å². The van der Waals surface area contributed by atoms with Crippen molar-refractivity contribution in [1.29, 1.82) is 0 Å². The van der Waals surface area contributed by atoms with Crippen LogP contribution in [0.5, 0.6) is 0 Å². The maximum Gasteiger partial charge on any atom is 0.257 e. The summed E-state index contributed by atoms with van der Waals surface area (Å²) in [4.78, 5) is 13.5. The van der Waals surface area contributed by atoms with Crippen molar-refractivity contribution in [2.45, 2.75) is 70.4 Å². The molecule has 1 aliphatic heterocycles. The second-order valence-corrected chi connectivity index (χ2v) is 7.48. The molecular formula is C19H28N4O. The zero-order chi connectivity index (χ0) is 16.7. The number of rotatable bonds is 3. The summed E-state index contributed by atoms with van der Waals surface area (Å²) < 4.78 is 3.99. The van der Waals surface area contributed by atoms with Crippen LogP contribution < -0.4 is 10.9 Å². The van der Waals surface area contributed by atoms with Gasteiger partial charge in [-0.05, 0) is 63.5 Å². The van der Waals surface area contributed by atoms with Crippen molar-refractivity contribution < 1.29 is 0 Å². The van der Waals surface area contributed by atoms with Crippen LogP contribution in [-0.2, 0) is 25.6 Å². The maximum absolute atomic E-state index is 13.5. The molecule has 2 aliphatic rings. The van der Waals surface area contributed by atoms with Gasteiger partial charge in [-0.25, -0.2) is 0 Å². The molecule has 1 atom stereocenters. The normalized spacial score (nSPS) is 24.2. The van der Waals surface area contributed by atoms with E-state index in [9.17, 15) is 4.79 Å². The summed E-state index contributed by atoms with van der Waals surface area (Å²) >= 11 is 0. The van der Waals surface area contributed by atoms with E-state index < -0.39 is 0 Å². The second-order valence-electron chi connectivity index (χ2n) is 7.48. The summed E-state index contributed by atoms with van der Waals surface area (Å²) in [6.45, 7) is 3.20. The van der Waals surface area contributed by atoms with Gasteiger partial charge in [0.1, 0.15) is 11.3 Å². The number of hydrogen-bond donors (Lipinski definition) is 1. The highest BCUT2D eigenvalue weighted by atomic mass is 16.1. The molecule has 1 N–H and O–H groups in total. The minimum Gasteiger partial charge on any atom is -0.294 e. The number of aryl methyl sites for hydroxylation is 2. The summed E-state index contributed by atoms with van der Waals surface area (Å²) in [6, 6.07) is 0. The van der Waals surface area contributed by atoms with Crippen LogP contribution in [0.25, 0.3) is 11.0 Å². The van der Waals surface area contributed by atoms with Crippen molar-refractivity contribution in [3.05, 3.63) is 27.7 Å². The van der Waals surface area contributed by atoms with Gasteiger partial charge in [0, 0.05) is 18.0 Å². The van der Waals surface area contributed by atoms with Gasteiger partial charge in [-0.2, -0.15) is 5.10 Å². The SMILES string of the molecule is CCC[C@]1(n2c(=O)c3c(c4cnn(C)c42)CCCC3)CCCCN1. The molecule has 0 radical (unpaired) electrons. The molecule has 0 aromatic carbocycles. The second kappa shape index (κ2) is 6.03. The highest BCUT2D eigenvalue weighted by Gasteiger charge is 2.37. The Morgan fingerprint density at radius 3 is 2.71 bits per heavy atom. The third-order valence-corrected chi connectivity index (χ3v) is 5.94. The van der Waals surface area contributed by atoms with Crippen molar-refractivity contribution in [3.63, 3.8) is 0 Å². The van der Waals surface area contributed by atoms with Gasteiger partial charge >= 0.3 is 0 Å². The molecule has 2 aromatic heterocycles. The molecule has 130 valence electrons. The van der Waals surface area contributed by atoms with Crippen LogP contribution in [-0.4, -0.2) is 20.9 Å². The van der Waals surface area contributed by atoms with Gasteiger partial charge in [0.25, 0.3) is 5.56 Å². The van der Waals surface area contributed by atoms with Crippen molar-refractivity contribution in [3.8, 4) is 0 Å². The molecule has 5 nitrogen and oxygen atoms in total. The first kappa shape index (κ1) is 15.9. The molecule has 1 fully saturated rings. The van der Waals surface area contributed by atoms with E-state index in [0.29, 0.717) is 0 Å². The van der Waals surface area contributed by atoms with Crippen LogP contribution in [0.2, 0.25) is 0 Å². The molecule has 5 heteroatoms. The standard InChI is InChI=1S/C19H28N4O/c1-3-10-19(11-6-7-12-20-19)23-17-16(13-21-22(17)2)14-8-4-5-9-15(14)18(23)24/h13,20H,3-12H2,1-2H3/t19-/m0/s1. The molecule has 1 aliphatic carbocycles. The van der Waals surface area contributed by atoms with E-state index in [4.69, 9.17) is 0 Å². The van der Waals surface area contributed by atoms with Crippen LogP contribution >= 0.6 is 0 Å². The molecule has 4 rings (SSSR count). The monoisotopic (exact) mass is 328 g/mol. The van der Waals surface area contributed by atoms with Crippen molar-refractivity contribution in [1.82, 2.24) is 19.7 Å². The van der Waals surface area contributed by atoms with Gasteiger partial charge in [-0.15, -0.1) is 0 Å². The smallest absolute Gasteiger partial charge is 0.257 e. The van der Waals surface area contributed by atoms with Crippen LogP contribution in [0, 0.1) is 0 Å². The Hall–Kier alpha value is -1.62. The third-order valence-electron chi connectivity index (χ3n) is 5.94. The van der Waals surface area contributed by atoms with Crippen molar-refractivity contribution in [2.24, 2.45) is 7.05 Å². The maximum atomic E-state index is 13.5. The Morgan fingerprint density at radius 2 is 2.00 bits per heavy atom. The Bertz CT molecular complexity index is 805. The fourth-order valence-electron chi connectivity index (χ4n) is 4.86. The first-order valence-corrected chi connectivity index (χ1v) is 9.52.